The molecule has 0 spiro atoms. The quantitative estimate of drug-likeness (QED) is 0.0173. The third kappa shape index (κ3) is 24.4. The fraction of sp³-hybridized carbons (Fsp3) is 0.615. The fourth-order valence-electron chi connectivity index (χ4n) is 6.20. The van der Waals surface area contributed by atoms with E-state index >= 15 is 0 Å². The number of aromatic nitrogens is 2. The minimum atomic E-state index is -1.81. The Bertz CT molecular complexity index is 1960. The Balaban J connectivity index is 3.55. The molecular formula is C39H67N17O12S. The number of aliphatic imine (C=N–C) groups is 2. The molecule has 1 heterocycles. The molecule has 1 rings (SSSR count). The van der Waals surface area contributed by atoms with E-state index in [0.717, 1.165) is 0 Å². The molecule has 386 valence electrons. The molecule has 0 aliphatic rings. The summed E-state index contributed by atoms with van der Waals surface area (Å²) in [5.41, 5.74) is 32.6. The average molecular weight is 998 g/mol. The zero-order valence-corrected chi connectivity index (χ0v) is 39.5. The van der Waals surface area contributed by atoms with Crippen molar-refractivity contribution in [2.45, 2.75) is 114 Å². The molecule has 0 aliphatic heterocycles. The first-order chi connectivity index (χ1) is 32.5. The predicted octanol–water partition coefficient (Wildman–Crippen LogP) is -6.35. The number of hydrogen-bond donors (Lipinski definition) is 16. The highest BCUT2D eigenvalue weighted by Crippen LogP contribution is 2.11. The van der Waals surface area contributed by atoms with Gasteiger partial charge in [0.15, 0.2) is 11.9 Å². The number of imidazole rings is 1. The number of H-pyrrole nitrogens is 1. The van der Waals surface area contributed by atoms with Gasteiger partial charge in [0, 0.05) is 37.8 Å². The highest BCUT2D eigenvalue weighted by atomic mass is 32.2. The van der Waals surface area contributed by atoms with Gasteiger partial charge in [-0.1, -0.05) is 13.8 Å². The normalized spacial score (nSPS) is 13.9. The molecule has 0 bridgehead atoms. The van der Waals surface area contributed by atoms with Gasteiger partial charge in [-0.2, -0.15) is 11.8 Å². The highest BCUT2D eigenvalue weighted by Gasteiger charge is 2.35. The molecular weight excluding hydrogens is 931 g/mol. The molecule has 22 N–H and O–H groups in total. The number of amides is 8. The number of nitrogens with two attached hydrogens (primary N) is 6. The van der Waals surface area contributed by atoms with Gasteiger partial charge in [-0.25, -0.2) is 9.78 Å². The van der Waals surface area contributed by atoms with Crippen LogP contribution < -0.4 is 71.6 Å². The SMILES string of the molecule is CSCC[C@H](NC(=O)CN)C(=O)N[C@H](C(=O)N[C@@H](CCCN=C(N)N)C(=O)N[C@@H](Cc1cnc[nH]1)C(=O)N[C@@H](CCC(=O)O)C(=O)N[C@@H](CC(N)=O)C(=O)N[C@@H](CCCN=C(N)N)C(=O)O)C(C)C. The number of thioether (sulfide) groups is 1. The summed E-state index contributed by atoms with van der Waals surface area (Å²) in [6.07, 6.45) is 2.04. The van der Waals surface area contributed by atoms with Crippen LogP contribution in [0.5, 0.6) is 0 Å². The van der Waals surface area contributed by atoms with Crippen molar-refractivity contribution in [3.05, 3.63) is 18.2 Å². The lowest BCUT2D eigenvalue weighted by atomic mass is 10.0. The topological polar surface area (TPSA) is 505 Å². The minimum absolute atomic E-state index is 0.00782. The average Bonchev–Trinajstić information content (AvgIpc) is 3.79. The van der Waals surface area contributed by atoms with E-state index in [9.17, 15) is 58.2 Å². The van der Waals surface area contributed by atoms with Gasteiger partial charge in [0.05, 0.1) is 19.3 Å². The zero-order chi connectivity index (χ0) is 52.2. The number of hydrogen-bond acceptors (Lipinski definition) is 15. The van der Waals surface area contributed by atoms with Gasteiger partial charge in [-0.15, -0.1) is 0 Å². The van der Waals surface area contributed by atoms with Crippen molar-refractivity contribution in [3.8, 4) is 0 Å². The van der Waals surface area contributed by atoms with Gasteiger partial charge < -0.3 is 86.8 Å². The molecule has 1 aromatic heterocycles. The van der Waals surface area contributed by atoms with Crippen LogP contribution in [0.3, 0.4) is 0 Å². The van der Waals surface area contributed by atoms with Gasteiger partial charge in [-0.3, -0.25) is 53.1 Å². The van der Waals surface area contributed by atoms with Gasteiger partial charge in [0.2, 0.25) is 47.3 Å². The lowest BCUT2D eigenvalue weighted by Gasteiger charge is -2.28. The summed E-state index contributed by atoms with van der Waals surface area (Å²) in [5.74, 6) is -11.0. The smallest absolute Gasteiger partial charge is 0.326 e. The first-order valence-corrected chi connectivity index (χ1v) is 23.0. The van der Waals surface area contributed by atoms with Crippen molar-refractivity contribution in [1.29, 1.82) is 0 Å². The van der Waals surface area contributed by atoms with Crippen LogP contribution in [-0.2, 0) is 54.4 Å². The fourth-order valence-corrected chi connectivity index (χ4v) is 6.67. The lowest BCUT2D eigenvalue weighted by Crippen LogP contribution is -2.61. The maximum atomic E-state index is 14.2. The van der Waals surface area contributed by atoms with E-state index in [1.165, 1.54) is 24.3 Å². The molecule has 0 saturated carbocycles. The molecule has 0 fully saturated rings. The Morgan fingerprint density at radius 3 is 1.62 bits per heavy atom. The number of carboxylic acids is 2. The number of carboxylic acid groups (broad SMARTS) is 2. The van der Waals surface area contributed by atoms with Gasteiger partial charge >= 0.3 is 11.9 Å². The van der Waals surface area contributed by atoms with Crippen molar-refractivity contribution in [2.75, 3.05) is 31.6 Å². The van der Waals surface area contributed by atoms with E-state index in [2.05, 4.69) is 57.2 Å². The van der Waals surface area contributed by atoms with E-state index in [1.54, 1.807) is 20.1 Å². The molecule has 8 amide bonds. The largest absolute Gasteiger partial charge is 0.481 e. The van der Waals surface area contributed by atoms with Crippen LogP contribution in [0, 0.1) is 5.92 Å². The second kappa shape index (κ2) is 31.7. The van der Waals surface area contributed by atoms with Crippen LogP contribution in [0.2, 0.25) is 0 Å². The van der Waals surface area contributed by atoms with Crippen molar-refractivity contribution in [1.82, 2.24) is 47.2 Å². The Morgan fingerprint density at radius 2 is 1.13 bits per heavy atom. The Morgan fingerprint density at radius 1 is 0.652 bits per heavy atom. The first kappa shape index (κ1) is 59.8. The summed E-state index contributed by atoms with van der Waals surface area (Å²) in [4.78, 5) is 145. The highest BCUT2D eigenvalue weighted by molar-refractivity contribution is 7.98. The van der Waals surface area contributed by atoms with E-state index in [-0.39, 0.29) is 70.1 Å². The van der Waals surface area contributed by atoms with Crippen molar-refractivity contribution in [3.63, 3.8) is 0 Å². The number of primary amides is 1. The van der Waals surface area contributed by atoms with Gasteiger partial charge in [-0.05, 0) is 56.5 Å². The van der Waals surface area contributed by atoms with Crippen molar-refractivity contribution < 1.29 is 58.2 Å². The molecule has 0 saturated heterocycles. The molecule has 69 heavy (non-hydrogen) atoms. The molecule has 0 aliphatic carbocycles. The standard InChI is InChI=1S/C39H67N17O12S/c1-19(2)30(56-33(63)23(10-13-69-3)50-28(58)16-40)36(66)52-21(6-4-11-47-38(42)43)31(61)54-25(14-20-17-46-18-49-20)34(64)51-22(8-9-29(59)60)32(62)55-26(15-27(41)57)35(65)53-24(37(67)68)7-5-12-48-39(44)45/h17-19,21-26,30H,4-16,40H2,1-3H3,(H2,41,57)(H,46,49)(H,50,58)(H,51,64)(H,52,66)(H,53,65)(H,54,61)(H,55,62)(H,56,63)(H,59,60)(H,67,68)(H4,42,43,47)(H4,44,45,48)/t21-,22-,23-,24-,25-,26-,30-/m0/s1. The van der Waals surface area contributed by atoms with Gasteiger partial charge in [0.25, 0.3) is 0 Å². The molecule has 30 heteroatoms. The van der Waals surface area contributed by atoms with Crippen molar-refractivity contribution in [2.24, 2.45) is 50.3 Å². The third-order valence-corrected chi connectivity index (χ3v) is 10.4. The summed E-state index contributed by atoms with van der Waals surface area (Å²) in [5, 5.41) is 36.3. The van der Waals surface area contributed by atoms with Gasteiger partial charge in [0.1, 0.15) is 42.3 Å². The van der Waals surface area contributed by atoms with E-state index < -0.39 is 127 Å². The second-order valence-electron chi connectivity index (χ2n) is 15.8. The molecule has 7 atom stereocenters. The van der Waals surface area contributed by atoms with E-state index in [0.29, 0.717) is 11.4 Å². The van der Waals surface area contributed by atoms with Crippen LogP contribution in [-0.4, -0.2) is 165 Å². The second-order valence-corrected chi connectivity index (χ2v) is 16.7. The number of carbonyl (C=O) groups excluding carboxylic acids is 8. The summed E-state index contributed by atoms with van der Waals surface area (Å²) in [7, 11) is 0. The van der Waals surface area contributed by atoms with Crippen LogP contribution in [0.4, 0.5) is 0 Å². The van der Waals surface area contributed by atoms with Crippen LogP contribution >= 0.6 is 11.8 Å². The lowest BCUT2D eigenvalue weighted by molar-refractivity contribution is -0.142. The Hall–Kier alpha value is -7.24. The maximum absolute atomic E-state index is 14.2. The Kier molecular flexibility index (Phi) is 27.4. The van der Waals surface area contributed by atoms with E-state index in [1.807, 2.05) is 0 Å². The monoisotopic (exact) mass is 997 g/mol. The number of carbonyl (C=O) groups is 10. The number of nitrogens with one attached hydrogen (secondary N) is 8. The molecule has 0 radical (unpaired) electrons. The van der Waals surface area contributed by atoms with Crippen LogP contribution in [0.15, 0.2) is 22.5 Å². The molecule has 1 aromatic rings. The molecule has 0 unspecified atom stereocenters. The summed E-state index contributed by atoms with van der Waals surface area (Å²) in [6, 6.07) is -10.4. The van der Waals surface area contributed by atoms with Crippen LogP contribution in [0.1, 0.15) is 70.9 Å². The summed E-state index contributed by atoms with van der Waals surface area (Å²) in [6.45, 7) is 2.89. The summed E-state index contributed by atoms with van der Waals surface area (Å²) >= 11 is 1.42. The number of aromatic amines is 1. The summed E-state index contributed by atoms with van der Waals surface area (Å²) < 4.78 is 0. The van der Waals surface area contributed by atoms with E-state index in [4.69, 9.17) is 34.4 Å². The third-order valence-electron chi connectivity index (χ3n) is 9.76. The zero-order valence-electron chi connectivity index (χ0n) is 38.7. The predicted molar refractivity (Wildman–Crippen MR) is 251 cm³/mol. The number of nitrogens with zero attached hydrogens (tertiary/aromatic N) is 3. The number of aliphatic carboxylic acids is 2. The minimum Gasteiger partial charge on any atom is -0.481 e. The maximum Gasteiger partial charge on any atom is 0.326 e. The first-order valence-electron chi connectivity index (χ1n) is 21.6. The Labute approximate surface area is 401 Å². The number of rotatable bonds is 34. The van der Waals surface area contributed by atoms with Crippen molar-refractivity contribution >= 4 is 82.9 Å². The molecule has 29 nitrogen and oxygen atoms in total. The molecule has 0 aromatic carbocycles. The van der Waals surface area contributed by atoms with Crippen LogP contribution in [0.25, 0.3) is 0 Å². The number of guanidine groups is 2.